The summed E-state index contributed by atoms with van der Waals surface area (Å²) in [5.74, 6) is 0.551. The largest absolute Gasteiger partial charge is 0.495 e. The summed E-state index contributed by atoms with van der Waals surface area (Å²) in [6.07, 6.45) is 1.78. The van der Waals surface area contributed by atoms with Crippen LogP contribution < -0.4 is 15.0 Å². The van der Waals surface area contributed by atoms with Crippen LogP contribution in [0.15, 0.2) is 79.0 Å². The van der Waals surface area contributed by atoms with E-state index in [1.54, 1.807) is 25.4 Å². The van der Waals surface area contributed by atoms with Gasteiger partial charge in [0, 0.05) is 35.4 Å². The number of hydrogen-bond acceptors (Lipinski definition) is 5. The average Bonchev–Trinajstić information content (AvgIpc) is 3.39. The number of aryl methyl sites for hydroxylation is 1. The molecule has 9 heteroatoms. The van der Waals surface area contributed by atoms with Crippen LogP contribution in [0.3, 0.4) is 0 Å². The van der Waals surface area contributed by atoms with Gasteiger partial charge >= 0.3 is 0 Å². The van der Waals surface area contributed by atoms with Gasteiger partial charge in [-0.25, -0.2) is 0 Å². The third kappa shape index (κ3) is 3.97. The van der Waals surface area contributed by atoms with E-state index in [4.69, 9.17) is 17.0 Å². The molecule has 0 radical (unpaired) electrons. The van der Waals surface area contributed by atoms with Crippen molar-refractivity contribution in [3.8, 4) is 11.4 Å². The maximum atomic E-state index is 11.5. The van der Waals surface area contributed by atoms with E-state index in [9.17, 15) is 10.1 Å². The lowest BCUT2D eigenvalue weighted by molar-refractivity contribution is -0.384. The van der Waals surface area contributed by atoms with Crippen LogP contribution in [-0.2, 0) is 0 Å². The Morgan fingerprint density at radius 2 is 1.81 bits per heavy atom. The number of pyridine rings is 1. The van der Waals surface area contributed by atoms with Crippen molar-refractivity contribution in [2.45, 2.75) is 25.9 Å². The molecule has 2 unspecified atom stereocenters. The number of methoxy groups -OCH3 is 1. The predicted molar refractivity (Wildman–Crippen MR) is 143 cm³/mol. The van der Waals surface area contributed by atoms with Crippen LogP contribution in [0.2, 0.25) is 0 Å². The first-order valence-corrected chi connectivity index (χ1v) is 11.9. The molecule has 0 saturated carbocycles. The molecule has 2 atom stereocenters. The summed E-state index contributed by atoms with van der Waals surface area (Å²) >= 11 is 5.82. The first-order chi connectivity index (χ1) is 17.4. The molecule has 182 valence electrons. The molecule has 36 heavy (non-hydrogen) atoms. The number of thiocarbonyl (C=S) groups is 1. The first kappa shape index (κ1) is 23.5. The van der Waals surface area contributed by atoms with Gasteiger partial charge < -0.3 is 19.5 Å². The van der Waals surface area contributed by atoms with Crippen LogP contribution >= 0.6 is 12.2 Å². The fourth-order valence-corrected chi connectivity index (χ4v) is 5.31. The highest BCUT2D eigenvalue weighted by molar-refractivity contribution is 7.80. The second-order valence-electron chi connectivity index (χ2n) is 8.61. The Morgan fingerprint density at radius 3 is 2.47 bits per heavy atom. The molecule has 1 saturated heterocycles. The molecule has 1 fully saturated rings. The van der Waals surface area contributed by atoms with Crippen molar-refractivity contribution in [2.75, 3.05) is 12.0 Å². The lowest BCUT2D eigenvalue weighted by Crippen LogP contribution is -2.29. The number of nitrogens with zero attached hydrogens (tertiary/aromatic N) is 4. The summed E-state index contributed by atoms with van der Waals surface area (Å²) in [5.41, 5.74) is 5.35. The fraction of sp³-hybridized carbons (Fsp3) is 0.185. The molecular weight excluding hydrogens is 474 g/mol. The number of nitro benzene ring substituents is 1. The molecule has 0 aliphatic carbocycles. The van der Waals surface area contributed by atoms with Crippen LogP contribution in [-0.4, -0.2) is 26.7 Å². The fourth-order valence-electron chi connectivity index (χ4n) is 4.96. The Bertz CT molecular complexity index is 1440. The molecule has 1 aliphatic heterocycles. The summed E-state index contributed by atoms with van der Waals surface area (Å²) < 4.78 is 7.58. The van der Waals surface area contributed by atoms with Crippen molar-refractivity contribution in [3.63, 3.8) is 0 Å². The minimum atomic E-state index is -0.397. The molecular formula is C27H25N5O3S. The molecule has 5 rings (SSSR count). The third-order valence-corrected chi connectivity index (χ3v) is 6.85. The van der Waals surface area contributed by atoms with Crippen molar-refractivity contribution in [3.05, 3.63) is 112 Å². The molecule has 2 aromatic carbocycles. The Balaban J connectivity index is 1.70. The number of ether oxygens (including phenoxy) is 1. The quantitative estimate of drug-likeness (QED) is 0.210. The Morgan fingerprint density at radius 1 is 1.06 bits per heavy atom. The number of non-ortho nitro benzene ring substituents is 1. The molecule has 4 aromatic rings. The highest BCUT2D eigenvalue weighted by Gasteiger charge is 2.42. The maximum absolute atomic E-state index is 11.5. The highest BCUT2D eigenvalue weighted by Crippen LogP contribution is 2.44. The summed E-state index contributed by atoms with van der Waals surface area (Å²) in [4.78, 5) is 17.9. The molecule has 0 spiro atoms. The standard InChI is InChI=1S/C27H25N5O3S/c1-17-15-21(18(2)30(17)23-16-20(32(33)34)12-13-24(23)35-3)26-25(22-11-7-8-14-28-22)29-27(36)31(26)19-9-5-4-6-10-19/h4-16,25-26H,1-3H3,(H,29,36). The minimum absolute atomic E-state index is 0.000773. The zero-order valence-corrected chi connectivity index (χ0v) is 20.9. The van der Waals surface area contributed by atoms with Gasteiger partial charge in [0.25, 0.3) is 5.69 Å². The summed E-state index contributed by atoms with van der Waals surface area (Å²) in [7, 11) is 1.56. The van der Waals surface area contributed by atoms with E-state index in [1.165, 1.54) is 6.07 Å². The summed E-state index contributed by atoms with van der Waals surface area (Å²) in [5, 5.41) is 15.6. The van der Waals surface area contributed by atoms with Crippen LogP contribution in [0.4, 0.5) is 11.4 Å². The van der Waals surface area contributed by atoms with Gasteiger partial charge in [0.05, 0.1) is 35.5 Å². The van der Waals surface area contributed by atoms with E-state index in [1.807, 2.05) is 66.9 Å². The zero-order valence-electron chi connectivity index (χ0n) is 20.1. The molecule has 1 aliphatic rings. The minimum Gasteiger partial charge on any atom is -0.495 e. The van der Waals surface area contributed by atoms with E-state index in [-0.39, 0.29) is 17.8 Å². The van der Waals surface area contributed by atoms with Crippen molar-refractivity contribution >= 4 is 28.7 Å². The second kappa shape index (κ2) is 9.43. The third-order valence-electron chi connectivity index (χ3n) is 6.54. The topological polar surface area (TPSA) is 85.5 Å². The van der Waals surface area contributed by atoms with Crippen LogP contribution in [0, 0.1) is 24.0 Å². The normalized spacial score (nSPS) is 17.2. The van der Waals surface area contributed by atoms with Gasteiger partial charge in [-0.2, -0.15) is 0 Å². The van der Waals surface area contributed by atoms with Gasteiger partial charge in [-0.15, -0.1) is 0 Å². The van der Waals surface area contributed by atoms with Crippen molar-refractivity contribution in [1.29, 1.82) is 0 Å². The van der Waals surface area contributed by atoms with E-state index in [2.05, 4.69) is 21.3 Å². The van der Waals surface area contributed by atoms with Gasteiger partial charge in [0.15, 0.2) is 5.11 Å². The van der Waals surface area contributed by atoms with E-state index >= 15 is 0 Å². The van der Waals surface area contributed by atoms with E-state index < -0.39 is 4.92 Å². The van der Waals surface area contributed by atoms with Gasteiger partial charge in [-0.1, -0.05) is 24.3 Å². The second-order valence-corrected chi connectivity index (χ2v) is 8.99. The number of benzene rings is 2. The van der Waals surface area contributed by atoms with Gasteiger partial charge in [-0.3, -0.25) is 15.1 Å². The van der Waals surface area contributed by atoms with E-state index in [0.717, 1.165) is 28.3 Å². The summed E-state index contributed by atoms with van der Waals surface area (Å²) in [6.45, 7) is 4.00. The molecule has 2 aromatic heterocycles. The highest BCUT2D eigenvalue weighted by atomic mass is 32.1. The van der Waals surface area contributed by atoms with E-state index in [0.29, 0.717) is 16.5 Å². The van der Waals surface area contributed by atoms with Crippen molar-refractivity contribution in [2.24, 2.45) is 0 Å². The maximum Gasteiger partial charge on any atom is 0.271 e. The van der Waals surface area contributed by atoms with Crippen molar-refractivity contribution < 1.29 is 9.66 Å². The number of nitrogens with one attached hydrogen (secondary N) is 1. The van der Waals surface area contributed by atoms with Gasteiger partial charge in [-0.05, 0) is 68.0 Å². The smallest absolute Gasteiger partial charge is 0.271 e. The molecule has 0 amide bonds. The Kier molecular flexibility index (Phi) is 6.15. The number of anilines is 1. The molecule has 1 N–H and O–H groups in total. The number of rotatable bonds is 6. The zero-order chi connectivity index (χ0) is 25.4. The lowest BCUT2D eigenvalue weighted by atomic mass is 9.96. The average molecular weight is 500 g/mol. The lowest BCUT2D eigenvalue weighted by Gasteiger charge is -2.28. The monoisotopic (exact) mass is 499 g/mol. The summed E-state index contributed by atoms with van der Waals surface area (Å²) in [6, 6.07) is 22.2. The Hall–Kier alpha value is -4.24. The van der Waals surface area contributed by atoms with Crippen LogP contribution in [0.5, 0.6) is 5.75 Å². The van der Waals surface area contributed by atoms with Gasteiger partial charge in [0.1, 0.15) is 5.75 Å². The van der Waals surface area contributed by atoms with Gasteiger partial charge in [0.2, 0.25) is 0 Å². The molecule has 3 heterocycles. The van der Waals surface area contributed by atoms with Crippen LogP contribution in [0.25, 0.3) is 5.69 Å². The predicted octanol–water partition coefficient (Wildman–Crippen LogP) is 5.58. The number of nitro groups is 1. The Labute approximate surface area is 214 Å². The first-order valence-electron chi connectivity index (χ1n) is 11.5. The molecule has 8 nitrogen and oxygen atoms in total. The van der Waals surface area contributed by atoms with Crippen molar-refractivity contribution in [1.82, 2.24) is 14.9 Å². The number of aromatic nitrogens is 2. The van der Waals surface area contributed by atoms with Crippen LogP contribution in [0.1, 0.15) is 34.7 Å². The number of para-hydroxylation sites is 1. The number of hydrogen-bond donors (Lipinski definition) is 1. The SMILES string of the molecule is COc1ccc([N+](=O)[O-])cc1-n1c(C)cc(C2C(c3ccccn3)NC(=S)N2c2ccccc2)c1C. The molecule has 0 bridgehead atoms.